The first-order chi connectivity index (χ1) is 36.1. The highest BCUT2D eigenvalue weighted by atomic mass is 32.1. The first-order valence-electron chi connectivity index (χ1n) is 24.6. The molecule has 0 aliphatic rings. The van der Waals surface area contributed by atoms with Gasteiger partial charge in [-0.1, -0.05) is 218 Å². The molecule has 0 bridgehead atoms. The molecule has 0 aliphatic carbocycles. The summed E-state index contributed by atoms with van der Waals surface area (Å²) in [4.78, 5) is 16.3. The molecule has 11 aromatic carbocycles. The lowest BCUT2D eigenvalue weighted by Gasteiger charge is -2.14. The Labute approximate surface area is 429 Å². The molecular weight excluding hydrogens is 903 g/mol. The molecule has 13 aromatic rings. The van der Waals surface area contributed by atoms with E-state index in [4.69, 9.17) is 15.0 Å². The minimum absolute atomic E-state index is 0.598. The average Bonchev–Trinajstić information content (AvgIpc) is 3.87. The molecule has 0 saturated carbocycles. The third kappa shape index (κ3) is 8.71. The van der Waals surface area contributed by atoms with E-state index in [2.05, 4.69) is 273 Å². The van der Waals surface area contributed by atoms with Crippen LogP contribution in [0.5, 0.6) is 0 Å². The van der Waals surface area contributed by atoms with E-state index < -0.39 is 0 Å². The Morgan fingerprint density at radius 3 is 0.945 bits per heavy atom. The summed E-state index contributed by atoms with van der Waals surface area (Å²) < 4.78 is 2.52. The fourth-order valence-corrected chi connectivity index (χ4v) is 11.4. The largest absolute Gasteiger partial charge is 0.208 e. The molecule has 2 aromatic heterocycles. The minimum Gasteiger partial charge on any atom is -0.208 e. The summed E-state index contributed by atoms with van der Waals surface area (Å²) in [5.41, 5.74) is 18.6. The van der Waals surface area contributed by atoms with Gasteiger partial charge in [-0.2, -0.15) is 0 Å². The van der Waals surface area contributed by atoms with Crippen LogP contribution < -0.4 is 0 Å². The Bertz CT molecular complexity index is 3840. The second-order valence-electron chi connectivity index (χ2n) is 18.4. The summed E-state index contributed by atoms with van der Waals surface area (Å²) in [6, 6.07) is 97.2. The van der Waals surface area contributed by atoms with Crippen LogP contribution in [0.2, 0.25) is 0 Å². The zero-order valence-corrected chi connectivity index (χ0v) is 40.5. The molecule has 0 atom stereocenters. The standard InChI is InChI=1S/C69H45N3S/c1-7-21-46(22-8-1)54-38-55(47-23-9-2-10-24-47)41-59(40-54)68-70-67(71-69(72-68)60-42-56(48-25-11-3-12-26-48)39-57(43-60)49-27-13-4-14-28-49)53-34-19-33-52(37-53)61-35-20-36-62-64-45-58(50-29-15-5-16-30-50)44-63(66(64)73-65(61)62)51-31-17-6-18-32-51/h1-45H. The predicted octanol–water partition coefficient (Wildman–Crippen LogP) is 18.9. The van der Waals surface area contributed by atoms with Crippen LogP contribution in [-0.2, 0) is 0 Å². The molecule has 13 rings (SSSR count). The van der Waals surface area contributed by atoms with Gasteiger partial charge in [-0.15, -0.1) is 11.3 Å². The quantitative estimate of drug-likeness (QED) is 0.137. The zero-order chi connectivity index (χ0) is 48.5. The Morgan fingerprint density at radius 1 is 0.192 bits per heavy atom. The smallest absolute Gasteiger partial charge is 0.164 e. The molecule has 0 N–H and O–H groups in total. The summed E-state index contributed by atoms with van der Waals surface area (Å²) in [6.45, 7) is 0. The molecule has 4 heteroatoms. The number of rotatable bonds is 10. The van der Waals surface area contributed by atoms with Crippen LogP contribution in [0.3, 0.4) is 0 Å². The number of aromatic nitrogens is 3. The van der Waals surface area contributed by atoms with Gasteiger partial charge in [0.2, 0.25) is 0 Å². The van der Waals surface area contributed by atoms with Gasteiger partial charge in [0, 0.05) is 42.4 Å². The Morgan fingerprint density at radius 2 is 0.507 bits per heavy atom. The highest BCUT2D eigenvalue weighted by molar-refractivity contribution is 7.26. The number of nitrogens with zero attached hydrogens (tertiary/aromatic N) is 3. The Hall–Kier alpha value is -9.35. The van der Waals surface area contributed by atoms with E-state index in [1.807, 2.05) is 11.3 Å². The molecule has 0 saturated heterocycles. The van der Waals surface area contributed by atoms with Crippen LogP contribution in [0.15, 0.2) is 273 Å². The van der Waals surface area contributed by atoms with E-state index in [1.165, 1.54) is 48.0 Å². The second kappa shape index (κ2) is 19.1. The number of benzene rings is 11. The molecule has 0 amide bonds. The van der Waals surface area contributed by atoms with Crippen molar-refractivity contribution in [2.75, 3.05) is 0 Å². The van der Waals surface area contributed by atoms with Crippen molar-refractivity contribution in [1.29, 1.82) is 0 Å². The molecular formula is C69H45N3S. The summed E-state index contributed by atoms with van der Waals surface area (Å²) >= 11 is 1.87. The number of fused-ring (bicyclic) bond motifs is 3. The summed E-state index contributed by atoms with van der Waals surface area (Å²) in [5, 5.41) is 2.49. The predicted molar refractivity (Wildman–Crippen MR) is 307 cm³/mol. The van der Waals surface area contributed by atoms with Crippen LogP contribution in [0, 0.1) is 0 Å². The van der Waals surface area contributed by atoms with Crippen molar-refractivity contribution in [3.8, 4) is 112 Å². The molecule has 0 aliphatic heterocycles. The average molecular weight is 948 g/mol. The van der Waals surface area contributed by atoms with E-state index in [1.54, 1.807) is 0 Å². The van der Waals surface area contributed by atoms with Gasteiger partial charge in [-0.25, -0.2) is 15.0 Å². The highest BCUT2D eigenvalue weighted by Crippen LogP contribution is 2.46. The minimum atomic E-state index is 0.598. The lowest BCUT2D eigenvalue weighted by molar-refractivity contribution is 1.07. The fraction of sp³-hybridized carbons (Fsp3) is 0. The van der Waals surface area contributed by atoms with Gasteiger partial charge in [0.1, 0.15) is 0 Å². The van der Waals surface area contributed by atoms with Crippen molar-refractivity contribution in [2.45, 2.75) is 0 Å². The van der Waals surface area contributed by atoms with Crippen LogP contribution in [-0.4, -0.2) is 15.0 Å². The lowest BCUT2D eigenvalue weighted by atomic mass is 9.95. The first kappa shape index (κ1) is 43.7. The van der Waals surface area contributed by atoms with E-state index in [0.717, 1.165) is 66.8 Å². The van der Waals surface area contributed by atoms with Crippen molar-refractivity contribution in [1.82, 2.24) is 15.0 Å². The maximum atomic E-state index is 5.43. The third-order valence-electron chi connectivity index (χ3n) is 13.7. The topological polar surface area (TPSA) is 38.7 Å². The van der Waals surface area contributed by atoms with Gasteiger partial charge < -0.3 is 0 Å². The molecule has 0 radical (unpaired) electrons. The van der Waals surface area contributed by atoms with Crippen LogP contribution in [0.4, 0.5) is 0 Å². The summed E-state index contributed by atoms with van der Waals surface area (Å²) in [5.74, 6) is 1.80. The van der Waals surface area contributed by atoms with Gasteiger partial charge in [0.25, 0.3) is 0 Å². The van der Waals surface area contributed by atoms with E-state index in [9.17, 15) is 0 Å². The molecule has 0 spiro atoms. The van der Waals surface area contributed by atoms with Crippen molar-refractivity contribution in [3.05, 3.63) is 273 Å². The maximum absolute atomic E-state index is 5.43. The van der Waals surface area contributed by atoms with Crippen molar-refractivity contribution in [3.63, 3.8) is 0 Å². The number of hydrogen-bond acceptors (Lipinski definition) is 4. The zero-order valence-electron chi connectivity index (χ0n) is 39.7. The van der Waals surface area contributed by atoms with E-state index in [0.29, 0.717) is 17.5 Å². The van der Waals surface area contributed by atoms with Crippen molar-refractivity contribution >= 4 is 31.5 Å². The monoisotopic (exact) mass is 947 g/mol. The van der Waals surface area contributed by atoms with Crippen LogP contribution >= 0.6 is 11.3 Å². The Balaban J connectivity index is 1.01. The normalized spacial score (nSPS) is 11.3. The van der Waals surface area contributed by atoms with Gasteiger partial charge in [-0.05, 0) is 127 Å². The molecule has 3 nitrogen and oxygen atoms in total. The molecule has 73 heavy (non-hydrogen) atoms. The lowest BCUT2D eigenvalue weighted by Crippen LogP contribution is -2.01. The third-order valence-corrected chi connectivity index (χ3v) is 15.0. The molecule has 2 heterocycles. The first-order valence-corrected chi connectivity index (χ1v) is 25.5. The van der Waals surface area contributed by atoms with Crippen LogP contribution in [0.1, 0.15) is 0 Å². The van der Waals surface area contributed by atoms with E-state index >= 15 is 0 Å². The fourth-order valence-electron chi connectivity index (χ4n) is 10.0. The second-order valence-corrected chi connectivity index (χ2v) is 19.4. The van der Waals surface area contributed by atoms with Gasteiger partial charge in [0.15, 0.2) is 17.5 Å². The van der Waals surface area contributed by atoms with E-state index in [-0.39, 0.29) is 0 Å². The summed E-state index contributed by atoms with van der Waals surface area (Å²) in [6.07, 6.45) is 0. The van der Waals surface area contributed by atoms with Gasteiger partial charge in [0.05, 0.1) is 0 Å². The molecule has 0 fully saturated rings. The Kier molecular flexibility index (Phi) is 11.4. The highest BCUT2D eigenvalue weighted by Gasteiger charge is 2.20. The number of thiophene rings is 1. The van der Waals surface area contributed by atoms with Gasteiger partial charge >= 0.3 is 0 Å². The molecule has 342 valence electrons. The van der Waals surface area contributed by atoms with Crippen molar-refractivity contribution < 1.29 is 0 Å². The maximum Gasteiger partial charge on any atom is 0.164 e. The number of hydrogen-bond donors (Lipinski definition) is 0. The van der Waals surface area contributed by atoms with Crippen LogP contribution in [0.25, 0.3) is 132 Å². The summed E-state index contributed by atoms with van der Waals surface area (Å²) in [7, 11) is 0. The SMILES string of the molecule is c1ccc(-c2cc(-c3ccccc3)cc(-c3nc(-c4cc(-c5ccccc5)cc(-c5ccccc5)c4)nc(-c4cccc(-c5cccc6c5sc5c(-c7ccccc7)cc(-c7ccccc7)cc56)c4)n3)c2)cc1. The van der Waals surface area contributed by atoms with Crippen molar-refractivity contribution in [2.24, 2.45) is 0 Å². The molecule has 0 unspecified atom stereocenters. The van der Waals surface area contributed by atoms with Gasteiger partial charge in [-0.3, -0.25) is 0 Å².